The number of likely N-dealkylation sites (tertiary alicyclic amines) is 1. The molecule has 2 aromatic rings. The van der Waals surface area contributed by atoms with E-state index in [0.29, 0.717) is 12.3 Å². The lowest BCUT2D eigenvalue weighted by atomic mass is 9.77. The van der Waals surface area contributed by atoms with Crippen molar-refractivity contribution in [3.8, 4) is 5.75 Å². The van der Waals surface area contributed by atoms with Gasteiger partial charge in [-0.05, 0) is 29.8 Å². The predicted octanol–water partition coefficient (Wildman–Crippen LogP) is 3.67. The molecule has 0 aromatic heterocycles. The number of fused-ring (bicyclic) bond motifs is 1. The topological polar surface area (TPSA) is 82.1 Å². The molecule has 4 atom stereocenters. The minimum absolute atomic E-state index is 0.0847. The largest absolute Gasteiger partial charge is 0.469 e. The van der Waals surface area contributed by atoms with Gasteiger partial charge in [-0.2, -0.15) is 0 Å². The predicted molar refractivity (Wildman–Crippen MR) is 119 cm³/mol. The Kier molecular flexibility index (Phi) is 5.43. The van der Waals surface area contributed by atoms with Gasteiger partial charge in [-0.1, -0.05) is 53.6 Å². The summed E-state index contributed by atoms with van der Waals surface area (Å²) in [5.41, 5.74) is 0.0239. The van der Waals surface area contributed by atoms with Gasteiger partial charge < -0.3 is 19.1 Å². The van der Waals surface area contributed by atoms with Crippen LogP contribution in [0.4, 0.5) is 0 Å². The van der Waals surface area contributed by atoms with Gasteiger partial charge in [-0.15, -0.1) is 0 Å². The average molecular weight is 488 g/mol. The number of hydrogen-bond donors (Lipinski definition) is 0. The zero-order valence-corrected chi connectivity index (χ0v) is 19.0. The molecule has 3 aliphatic rings. The molecule has 0 N–H and O–H groups in total. The first-order chi connectivity index (χ1) is 15.8. The van der Waals surface area contributed by atoms with E-state index in [1.807, 2.05) is 18.2 Å². The number of carbonyl (C=O) groups is 3. The van der Waals surface area contributed by atoms with E-state index < -0.39 is 35.5 Å². The van der Waals surface area contributed by atoms with Crippen LogP contribution in [0.5, 0.6) is 5.75 Å². The molecular weight excluding hydrogens is 469 g/mol. The number of hydrogen-bond acceptors (Lipinski definition) is 6. The molecule has 0 aliphatic carbocycles. The fourth-order valence-electron chi connectivity index (χ4n) is 4.90. The molecule has 2 fully saturated rings. The van der Waals surface area contributed by atoms with E-state index in [9.17, 15) is 14.4 Å². The van der Waals surface area contributed by atoms with Crippen LogP contribution in [0.1, 0.15) is 15.9 Å². The van der Waals surface area contributed by atoms with Crippen molar-refractivity contribution in [1.29, 1.82) is 0 Å². The molecular formula is C24H19Cl2NO6. The third kappa shape index (κ3) is 3.60. The maximum absolute atomic E-state index is 13.2. The van der Waals surface area contributed by atoms with Crippen molar-refractivity contribution < 1.29 is 28.6 Å². The van der Waals surface area contributed by atoms with E-state index in [0.717, 1.165) is 5.56 Å². The molecule has 0 unspecified atom stereocenters. The van der Waals surface area contributed by atoms with Gasteiger partial charge >= 0.3 is 11.9 Å². The summed E-state index contributed by atoms with van der Waals surface area (Å²) < 4.78 is 16.4. The lowest BCUT2D eigenvalue weighted by Gasteiger charge is -2.22. The number of nitrogens with zero attached hydrogens (tertiary/aromatic N) is 1. The Bertz CT molecular complexity index is 1180. The van der Waals surface area contributed by atoms with Gasteiger partial charge in [0.15, 0.2) is 0 Å². The Morgan fingerprint density at radius 1 is 1.18 bits per heavy atom. The fraction of sp³-hybridized carbons (Fsp3) is 0.292. The van der Waals surface area contributed by atoms with Crippen LogP contribution in [0.15, 0.2) is 54.6 Å². The van der Waals surface area contributed by atoms with Crippen molar-refractivity contribution in [2.75, 3.05) is 13.7 Å². The molecule has 0 radical (unpaired) electrons. The molecule has 2 saturated heterocycles. The third-order valence-corrected chi connectivity index (χ3v) is 6.93. The Hall–Kier alpha value is -2.87. The summed E-state index contributed by atoms with van der Waals surface area (Å²) in [5, 5.41) is 0.389. The number of ether oxygens (including phenoxy) is 3. The van der Waals surface area contributed by atoms with Gasteiger partial charge in [0.1, 0.15) is 17.3 Å². The average Bonchev–Trinajstić information content (AvgIpc) is 3.41. The lowest BCUT2D eigenvalue weighted by molar-refractivity contribution is -0.151. The summed E-state index contributed by atoms with van der Waals surface area (Å²) in [6.07, 6.45) is 3.27. The van der Waals surface area contributed by atoms with E-state index >= 15 is 0 Å². The second kappa shape index (κ2) is 8.17. The number of halogens is 2. The quantitative estimate of drug-likeness (QED) is 0.363. The SMILES string of the molecule is COC(=O)[C@@H]1[C@H]2C(=O)N(Cc3cccc(OC(=O)c4c(Cl)cccc4Cl)c3)C[C@@]23C=C[C@H]1O3. The van der Waals surface area contributed by atoms with Crippen molar-refractivity contribution in [2.45, 2.75) is 18.2 Å². The maximum Gasteiger partial charge on any atom is 0.346 e. The van der Waals surface area contributed by atoms with E-state index in [1.165, 1.54) is 7.11 Å². The summed E-state index contributed by atoms with van der Waals surface area (Å²) in [4.78, 5) is 39.7. The number of carbonyl (C=O) groups excluding carboxylic acids is 3. The van der Waals surface area contributed by atoms with Crippen molar-refractivity contribution in [3.63, 3.8) is 0 Å². The van der Waals surface area contributed by atoms with Crippen molar-refractivity contribution >= 4 is 41.0 Å². The first-order valence-electron chi connectivity index (χ1n) is 10.3. The van der Waals surface area contributed by atoms with Gasteiger partial charge in [-0.25, -0.2) is 4.79 Å². The Balaban J connectivity index is 1.33. The summed E-state index contributed by atoms with van der Waals surface area (Å²) >= 11 is 12.2. The monoisotopic (exact) mass is 487 g/mol. The molecule has 3 aliphatic heterocycles. The molecule has 170 valence electrons. The normalized spacial score (nSPS) is 27.1. The summed E-state index contributed by atoms with van der Waals surface area (Å²) in [6.45, 7) is 0.599. The standard InChI is InChI=1S/C24H19Cl2NO6/c1-31-22(29)19-17-8-9-24(33-17)12-27(21(28)20(19)24)11-13-4-2-5-14(10-13)32-23(30)18-15(25)6-3-7-16(18)26/h2-10,17,19-20H,11-12H2,1H3/t17-,19+,20+,24+/m1/s1. The number of methoxy groups -OCH3 is 1. The van der Waals surface area contributed by atoms with Gasteiger partial charge in [0, 0.05) is 6.54 Å². The van der Waals surface area contributed by atoms with Crippen LogP contribution < -0.4 is 4.74 Å². The molecule has 1 amide bonds. The Morgan fingerprint density at radius 3 is 2.64 bits per heavy atom. The van der Waals surface area contributed by atoms with Crippen LogP contribution >= 0.6 is 23.2 Å². The number of benzene rings is 2. The van der Waals surface area contributed by atoms with Crippen molar-refractivity contribution in [1.82, 2.24) is 4.90 Å². The number of amides is 1. The van der Waals surface area contributed by atoms with E-state index in [4.69, 9.17) is 37.4 Å². The molecule has 9 heteroatoms. The first kappa shape index (κ1) is 21.9. The lowest BCUT2D eigenvalue weighted by Crippen LogP contribution is -2.39. The van der Waals surface area contributed by atoms with E-state index in [2.05, 4.69) is 0 Å². The fourth-order valence-corrected chi connectivity index (χ4v) is 5.45. The van der Waals surface area contributed by atoms with Crippen LogP contribution in [0.2, 0.25) is 10.0 Å². The zero-order chi connectivity index (χ0) is 23.3. The minimum atomic E-state index is -0.814. The highest BCUT2D eigenvalue weighted by Gasteiger charge is 2.67. The molecule has 1 spiro atoms. The van der Waals surface area contributed by atoms with E-state index in [-0.39, 0.29) is 28.1 Å². The first-order valence-corrected chi connectivity index (χ1v) is 11.1. The van der Waals surface area contributed by atoms with Gasteiger partial charge in [-0.3, -0.25) is 9.59 Å². The molecule has 3 heterocycles. The summed E-state index contributed by atoms with van der Waals surface area (Å²) in [5.74, 6) is -2.25. The minimum Gasteiger partial charge on any atom is -0.469 e. The highest BCUT2D eigenvalue weighted by atomic mass is 35.5. The summed E-state index contributed by atoms with van der Waals surface area (Å²) in [7, 11) is 1.31. The van der Waals surface area contributed by atoms with Crippen molar-refractivity contribution in [3.05, 3.63) is 75.8 Å². The molecule has 2 aromatic carbocycles. The molecule has 7 nitrogen and oxygen atoms in total. The highest BCUT2D eigenvalue weighted by molar-refractivity contribution is 6.39. The molecule has 5 rings (SSSR count). The highest BCUT2D eigenvalue weighted by Crippen LogP contribution is 2.52. The van der Waals surface area contributed by atoms with Crippen molar-refractivity contribution in [2.24, 2.45) is 11.8 Å². The maximum atomic E-state index is 13.2. The van der Waals surface area contributed by atoms with Crippen LogP contribution in [0, 0.1) is 11.8 Å². The Morgan fingerprint density at radius 2 is 1.91 bits per heavy atom. The van der Waals surface area contributed by atoms with Gasteiger partial charge in [0.05, 0.1) is 41.3 Å². The second-order valence-corrected chi connectivity index (χ2v) is 9.07. The van der Waals surface area contributed by atoms with E-state index in [1.54, 1.807) is 41.3 Å². The van der Waals surface area contributed by atoms with Gasteiger partial charge in [0.2, 0.25) is 5.91 Å². The zero-order valence-electron chi connectivity index (χ0n) is 17.5. The van der Waals surface area contributed by atoms with Crippen LogP contribution in [-0.2, 0) is 25.6 Å². The smallest absolute Gasteiger partial charge is 0.346 e. The van der Waals surface area contributed by atoms with Gasteiger partial charge in [0.25, 0.3) is 0 Å². The molecule has 33 heavy (non-hydrogen) atoms. The Labute approximate surface area is 199 Å². The number of rotatable bonds is 5. The van der Waals surface area contributed by atoms with Crippen LogP contribution in [-0.4, -0.2) is 48.1 Å². The van der Waals surface area contributed by atoms with Crippen LogP contribution in [0.25, 0.3) is 0 Å². The number of esters is 2. The molecule has 0 saturated carbocycles. The second-order valence-electron chi connectivity index (χ2n) is 8.25. The van der Waals surface area contributed by atoms with Crippen LogP contribution in [0.3, 0.4) is 0 Å². The summed E-state index contributed by atoms with van der Waals surface area (Å²) in [6, 6.07) is 11.6. The third-order valence-electron chi connectivity index (χ3n) is 6.30. The molecule has 2 bridgehead atoms.